The molecule has 0 saturated heterocycles. The number of carbonyl (C=O) groups excluding carboxylic acids is 1. The minimum atomic E-state index is -0.162. The van der Waals surface area contributed by atoms with Crippen molar-refractivity contribution in [3.63, 3.8) is 0 Å². The van der Waals surface area contributed by atoms with Crippen molar-refractivity contribution < 1.29 is 4.79 Å². The van der Waals surface area contributed by atoms with Gasteiger partial charge in [-0.15, -0.1) is 0 Å². The van der Waals surface area contributed by atoms with E-state index in [4.69, 9.17) is 0 Å². The van der Waals surface area contributed by atoms with Crippen molar-refractivity contribution in [3.8, 4) is 0 Å². The highest BCUT2D eigenvalue weighted by molar-refractivity contribution is 6.05. The SMILES string of the molecule is O=C1C=C(c2ccccc2)CC=N1. The summed E-state index contributed by atoms with van der Waals surface area (Å²) in [6.07, 6.45) is 4.00. The molecule has 1 aromatic carbocycles. The number of hydrogen-bond donors (Lipinski definition) is 0. The molecule has 0 spiro atoms. The first-order chi connectivity index (χ1) is 6.36. The van der Waals surface area contributed by atoms with E-state index in [1.807, 2.05) is 30.3 Å². The molecule has 2 nitrogen and oxygen atoms in total. The number of allylic oxidation sites excluding steroid dienone is 1. The van der Waals surface area contributed by atoms with Crippen LogP contribution in [0.1, 0.15) is 12.0 Å². The van der Waals surface area contributed by atoms with E-state index in [1.165, 1.54) is 0 Å². The van der Waals surface area contributed by atoms with Crippen LogP contribution in [0, 0.1) is 0 Å². The highest BCUT2D eigenvalue weighted by Gasteiger charge is 2.06. The summed E-state index contributed by atoms with van der Waals surface area (Å²) in [6.45, 7) is 0. The number of hydrogen-bond acceptors (Lipinski definition) is 1. The highest BCUT2D eigenvalue weighted by atomic mass is 16.1. The molecule has 1 heterocycles. The van der Waals surface area contributed by atoms with Crippen molar-refractivity contribution in [2.45, 2.75) is 6.42 Å². The van der Waals surface area contributed by atoms with Crippen molar-refractivity contribution in [1.82, 2.24) is 0 Å². The molecule has 0 aromatic heterocycles. The van der Waals surface area contributed by atoms with Gasteiger partial charge in [0.15, 0.2) is 0 Å². The normalized spacial score (nSPS) is 15.7. The maximum Gasteiger partial charge on any atom is 0.269 e. The van der Waals surface area contributed by atoms with Gasteiger partial charge in [-0.25, -0.2) is 4.99 Å². The van der Waals surface area contributed by atoms with Gasteiger partial charge in [-0.2, -0.15) is 0 Å². The van der Waals surface area contributed by atoms with Gasteiger partial charge < -0.3 is 0 Å². The summed E-state index contributed by atoms with van der Waals surface area (Å²) in [4.78, 5) is 14.6. The van der Waals surface area contributed by atoms with Crippen LogP contribution in [0.3, 0.4) is 0 Å². The monoisotopic (exact) mass is 171 g/mol. The Balaban J connectivity index is 2.33. The Morgan fingerprint density at radius 2 is 1.92 bits per heavy atom. The van der Waals surface area contributed by atoms with Crippen LogP contribution in [0.15, 0.2) is 41.4 Å². The van der Waals surface area contributed by atoms with Crippen molar-refractivity contribution >= 4 is 17.7 Å². The van der Waals surface area contributed by atoms with Crippen LogP contribution >= 0.6 is 0 Å². The second-order valence-electron chi connectivity index (χ2n) is 2.89. The zero-order chi connectivity index (χ0) is 9.10. The van der Waals surface area contributed by atoms with Crippen molar-refractivity contribution in [3.05, 3.63) is 42.0 Å². The van der Waals surface area contributed by atoms with Gasteiger partial charge >= 0.3 is 0 Å². The van der Waals surface area contributed by atoms with Crippen molar-refractivity contribution in [2.75, 3.05) is 0 Å². The first kappa shape index (κ1) is 7.92. The summed E-state index contributed by atoms with van der Waals surface area (Å²) >= 11 is 0. The third kappa shape index (κ3) is 1.72. The number of benzene rings is 1. The quantitative estimate of drug-likeness (QED) is 0.636. The molecule has 1 aromatic rings. The molecular weight excluding hydrogens is 162 g/mol. The number of carbonyl (C=O) groups is 1. The second-order valence-corrected chi connectivity index (χ2v) is 2.89. The van der Waals surface area contributed by atoms with Gasteiger partial charge in [-0.1, -0.05) is 30.3 Å². The van der Waals surface area contributed by atoms with Crippen LogP contribution in [0.25, 0.3) is 5.57 Å². The number of rotatable bonds is 1. The predicted octanol–water partition coefficient (Wildman–Crippen LogP) is 2.07. The van der Waals surface area contributed by atoms with E-state index in [-0.39, 0.29) is 5.91 Å². The van der Waals surface area contributed by atoms with E-state index in [0.29, 0.717) is 0 Å². The van der Waals surface area contributed by atoms with Gasteiger partial charge in [0.2, 0.25) is 0 Å². The molecule has 0 atom stereocenters. The lowest BCUT2D eigenvalue weighted by atomic mass is 10.0. The van der Waals surface area contributed by atoms with Gasteiger partial charge in [-0.05, 0) is 11.1 Å². The molecule has 0 unspecified atom stereocenters. The molecule has 0 N–H and O–H groups in total. The van der Waals surface area contributed by atoms with Crippen molar-refractivity contribution in [1.29, 1.82) is 0 Å². The van der Waals surface area contributed by atoms with E-state index in [0.717, 1.165) is 17.6 Å². The number of aliphatic imine (C=N–C) groups is 1. The zero-order valence-electron chi connectivity index (χ0n) is 7.10. The van der Waals surface area contributed by atoms with E-state index >= 15 is 0 Å². The molecule has 0 saturated carbocycles. The predicted molar refractivity (Wildman–Crippen MR) is 52.5 cm³/mol. The molecule has 1 aliphatic rings. The summed E-state index contributed by atoms with van der Waals surface area (Å²) in [5.41, 5.74) is 2.14. The summed E-state index contributed by atoms with van der Waals surface area (Å²) < 4.78 is 0. The lowest BCUT2D eigenvalue weighted by molar-refractivity contribution is -0.113. The minimum Gasteiger partial charge on any atom is -0.267 e. The third-order valence-corrected chi connectivity index (χ3v) is 1.97. The maximum atomic E-state index is 11.0. The first-order valence-electron chi connectivity index (χ1n) is 4.19. The summed E-state index contributed by atoms with van der Waals surface area (Å²) in [7, 11) is 0. The third-order valence-electron chi connectivity index (χ3n) is 1.97. The van der Waals surface area contributed by atoms with Gasteiger partial charge in [0.1, 0.15) is 0 Å². The van der Waals surface area contributed by atoms with Gasteiger partial charge in [0.05, 0.1) is 0 Å². The maximum absolute atomic E-state index is 11.0. The largest absolute Gasteiger partial charge is 0.269 e. The molecule has 64 valence electrons. The Morgan fingerprint density at radius 1 is 1.15 bits per heavy atom. The van der Waals surface area contributed by atoms with E-state index in [2.05, 4.69) is 4.99 Å². The van der Waals surface area contributed by atoms with Crippen LogP contribution < -0.4 is 0 Å². The molecule has 1 aliphatic heterocycles. The van der Waals surface area contributed by atoms with Gasteiger partial charge in [-0.3, -0.25) is 4.79 Å². The van der Waals surface area contributed by atoms with E-state index in [9.17, 15) is 4.79 Å². The Kier molecular flexibility index (Phi) is 2.04. The van der Waals surface area contributed by atoms with Crippen LogP contribution in [0.2, 0.25) is 0 Å². The smallest absolute Gasteiger partial charge is 0.267 e. The molecular formula is C11H9NO. The Labute approximate surface area is 76.6 Å². The summed E-state index contributed by atoms with van der Waals surface area (Å²) in [5.74, 6) is -0.162. The Bertz CT molecular complexity index is 376. The summed E-state index contributed by atoms with van der Waals surface area (Å²) in [5, 5.41) is 0. The number of amides is 1. The first-order valence-corrected chi connectivity index (χ1v) is 4.19. The molecule has 0 fully saturated rings. The van der Waals surface area contributed by atoms with Crippen LogP contribution in [-0.2, 0) is 4.79 Å². The topological polar surface area (TPSA) is 29.4 Å². The standard InChI is InChI=1S/C11H9NO/c13-11-8-10(6-7-12-11)9-4-2-1-3-5-9/h1-5,7-8H,6H2. The molecule has 2 rings (SSSR count). The second kappa shape index (κ2) is 3.35. The van der Waals surface area contributed by atoms with Gasteiger partial charge in [0, 0.05) is 18.7 Å². The zero-order valence-corrected chi connectivity index (χ0v) is 7.10. The molecule has 2 heteroatoms. The van der Waals surface area contributed by atoms with Gasteiger partial charge in [0.25, 0.3) is 5.91 Å². The summed E-state index contributed by atoms with van der Waals surface area (Å²) in [6, 6.07) is 9.89. The minimum absolute atomic E-state index is 0.162. The molecule has 0 radical (unpaired) electrons. The fourth-order valence-electron chi connectivity index (χ4n) is 1.33. The molecule has 13 heavy (non-hydrogen) atoms. The van der Waals surface area contributed by atoms with E-state index < -0.39 is 0 Å². The fraction of sp³-hybridized carbons (Fsp3) is 0.0909. The number of nitrogens with zero attached hydrogens (tertiary/aromatic N) is 1. The van der Waals surface area contributed by atoms with Crippen LogP contribution in [0.5, 0.6) is 0 Å². The molecule has 0 aliphatic carbocycles. The Morgan fingerprint density at radius 3 is 2.62 bits per heavy atom. The average Bonchev–Trinajstić information content (AvgIpc) is 2.19. The average molecular weight is 171 g/mol. The fourth-order valence-corrected chi connectivity index (χ4v) is 1.33. The lowest BCUT2D eigenvalue weighted by Crippen LogP contribution is -1.98. The molecule has 0 bridgehead atoms. The van der Waals surface area contributed by atoms with Crippen molar-refractivity contribution in [2.24, 2.45) is 4.99 Å². The molecule has 1 amide bonds. The number of dihydropyridines is 1. The van der Waals surface area contributed by atoms with Crippen LogP contribution in [0.4, 0.5) is 0 Å². The Hall–Kier alpha value is -1.70. The van der Waals surface area contributed by atoms with E-state index in [1.54, 1.807) is 12.3 Å². The highest BCUT2D eigenvalue weighted by Crippen LogP contribution is 2.18. The van der Waals surface area contributed by atoms with Crippen LogP contribution in [-0.4, -0.2) is 12.1 Å². The lowest BCUT2D eigenvalue weighted by Gasteiger charge is -2.06.